The summed E-state index contributed by atoms with van der Waals surface area (Å²) in [4.78, 5) is 25.9. The normalized spacial score (nSPS) is 11.1. The van der Waals surface area contributed by atoms with E-state index in [-0.39, 0.29) is 17.0 Å². The molecule has 3 aromatic rings. The molecule has 8 nitrogen and oxygen atoms in total. The number of hydrogen-bond acceptors (Lipinski definition) is 6. The highest BCUT2D eigenvalue weighted by molar-refractivity contribution is 5.70. The summed E-state index contributed by atoms with van der Waals surface area (Å²) in [6, 6.07) is 0. The van der Waals surface area contributed by atoms with Crippen molar-refractivity contribution in [2.24, 2.45) is 0 Å². The topological polar surface area (TPSA) is 116 Å². The zero-order chi connectivity index (χ0) is 11.8. The average molecular weight is 232 g/mol. The number of H-pyrrole nitrogens is 1. The van der Waals surface area contributed by atoms with Crippen LogP contribution < -0.4 is 11.3 Å². The monoisotopic (exact) mass is 232 g/mol. The van der Waals surface area contributed by atoms with Crippen molar-refractivity contribution in [3.05, 3.63) is 35.0 Å². The number of oxazole rings is 1. The Morgan fingerprint density at radius 2 is 2.35 bits per heavy atom. The van der Waals surface area contributed by atoms with E-state index >= 15 is 0 Å². The molecule has 3 N–H and O–H groups in total. The van der Waals surface area contributed by atoms with Gasteiger partial charge in [-0.2, -0.15) is 4.98 Å². The fraction of sp³-hybridized carbons (Fsp3) is 0.111. The van der Waals surface area contributed by atoms with Gasteiger partial charge in [0, 0.05) is 0 Å². The van der Waals surface area contributed by atoms with Crippen LogP contribution in [0.3, 0.4) is 0 Å². The molecule has 8 heteroatoms. The second-order valence-corrected chi connectivity index (χ2v) is 3.42. The van der Waals surface area contributed by atoms with Gasteiger partial charge in [0.1, 0.15) is 12.8 Å². The molecule has 0 unspecified atom stereocenters. The molecule has 0 aliphatic carbocycles. The molecule has 0 radical (unpaired) electrons. The number of aromatic nitrogens is 5. The molecule has 17 heavy (non-hydrogen) atoms. The molecule has 86 valence electrons. The number of nitrogen functional groups attached to an aromatic ring is 1. The van der Waals surface area contributed by atoms with Gasteiger partial charge in [0.05, 0.1) is 12.5 Å². The van der Waals surface area contributed by atoms with E-state index in [1.165, 1.54) is 12.6 Å². The van der Waals surface area contributed by atoms with Crippen LogP contribution in [0.5, 0.6) is 0 Å². The van der Waals surface area contributed by atoms with Crippen molar-refractivity contribution in [3.8, 4) is 0 Å². The van der Waals surface area contributed by atoms with Crippen LogP contribution in [-0.4, -0.2) is 24.5 Å². The molecule has 3 aromatic heterocycles. The number of anilines is 1. The van der Waals surface area contributed by atoms with Crippen molar-refractivity contribution in [2.75, 3.05) is 5.73 Å². The molecular weight excluding hydrogens is 224 g/mol. The summed E-state index contributed by atoms with van der Waals surface area (Å²) in [6.07, 6.45) is 4.52. The fourth-order valence-electron chi connectivity index (χ4n) is 1.56. The predicted octanol–water partition coefficient (Wildman–Crippen LogP) is -0.262. The van der Waals surface area contributed by atoms with E-state index in [2.05, 4.69) is 19.9 Å². The molecule has 0 bridgehead atoms. The first-order valence-electron chi connectivity index (χ1n) is 4.83. The molecule has 0 saturated heterocycles. The van der Waals surface area contributed by atoms with E-state index in [1.54, 1.807) is 10.8 Å². The van der Waals surface area contributed by atoms with Crippen LogP contribution in [0.2, 0.25) is 0 Å². The Hall–Kier alpha value is -2.64. The summed E-state index contributed by atoms with van der Waals surface area (Å²) < 4.78 is 6.76. The van der Waals surface area contributed by atoms with E-state index in [1.807, 2.05) is 0 Å². The van der Waals surface area contributed by atoms with Gasteiger partial charge >= 0.3 is 0 Å². The summed E-state index contributed by atoms with van der Waals surface area (Å²) in [5, 5.41) is 0. The third-order valence-corrected chi connectivity index (χ3v) is 2.28. The number of imidazole rings is 1. The van der Waals surface area contributed by atoms with E-state index in [0.29, 0.717) is 18.1 Å². The Bertz CT molecular complexity index is 711. The molecule has 3 rings (SSSR count). The van der Waals surface area contributed by atoms with Crippen molar-refractivity contribution in [1.82, 2.24) is 24.5 Å². The van der Waals surface area contributed by atoms with Crippen molar-refractivity contribution < 1.29 is 4.42 Å². The quantitative estimate of drug-likeness (QED) is 0.628. The number of hydrogen-bond donors (Lipinski definition) is 2. The molecule has 0 saturated carbocycles. The maximum absolute atomic E-state index is 11.5. The van der Waals surface area contributed by atoms with E-state index in [9.17, 15) is 4.79 Å². The lowest BCUT2D eigenvalue weighted by molar-refractivity contribution is 0.480. The Kier molecular flexibility index (Phi) is 1.94. The second-order valence-electron chi connectivity index (χ2n) is 3.42. The number of rotatable bonds is 2. The molecule has 0 aromatic carbocycles. The van der Waals surface area contributed by atoms with Crippen LogP contribution in [0.1, 0.15) is 5.89 Å². The van der Waals surface area contributed by atoms with Crippen molar-refractivity contribution in [1.29, 1.82) is 0 Å². The van der Waals surface area contributed by atoms with Gasteiger partial charge in [-0.25, -0.2) is 9.97 Å². The highest BCUT2D eigenvalue weighted by Crippen LogP contribution is 2.08. The summed E-state index contributed by atoms with van der Waals surface area (Å²) >= 11 is 0. The standard InChI is InChI=1S/C9H8N6O2/c10-9-13-7-6(8(16)14-9)12-4-15(7)3-5-11-1-2-17-5/h1-2,4H,3H2,(H3,10,13,14,16). The largest absolute Gasteiger partial charge is 0.447 e. The first-order valence-corrected chi connectivity index (χ1v) is 4.83. The van der Waals surface area contributed by atoms with Gasteiger partial charge in [0.15, 0.2) is 11.2 Å². The van der Waals surface area contributed by atoms with Gasteiger partial charge < -0.3 is 14.7 Å². The molecule has 3 heterocycles. The van der Waals surface area contributed by atoms with E-state index in [0.717, 1.165) is 0 Å². The van der Waals surface area contributed by atoms with Crippen LogP contribution in [-0.2, 0) is 6.54 Å². The molecule has 0 fully saturated rings. The number of nitrogens with two attached hydrogens (primary N) is 1. The third-order valence-electron chi connectivity index (χ3n) is 2.28. The zero-order valence-corrected chi connectivity index (χ0v) is 8.62. The summed E-state index contributed by atoms with van der Waals surface area (Å²) in [7, 11) is 0. The van der Waals surface area contributed by atoms with Gasteiger partial charge in [-0.3, -0.25) is 9.78 Å². The minimum absolute atomic E-state index is 0.0525. The van der Waals surface area contributed by atoms with Crippen molar-refractivity contribution in [2.45, 2.75) is 6.54 Å². The van der Waals surface area contributed by atoms with Gasteiger partial charge in [-0.15, -0.1) is 0 Å². The minimum atomic E-state index is -0.362. The van der Waals surface area contributed by atoms with Crippen molar-refractivity contribution in [3.63, 3.8) is 0 Å². The van der Waals surface area contributed by atoms with Gasteiger partial charge in [0.2, 0.25) is 11.8 Å². The lowest BCUT2D eigenvalue weighted by atomic mass is 10.5. The minimum Gasteiger partial charge on any atom is -0.447 e. The van der Waals surface area contributed by atoms with Crippen LogP contribution in [0.15, 0.2) is 28.0 Å². The third kappa shape index (κ3) is 1.55. The number of fused-ring (bicyclic) bond motifs is 1. The number of nitrogens with one attached hydrogen (secondary N) is 1. The fourth-order valence-corrected chi connectivity index (χ4v) is 1.56. The summed E-state index contributed by atoms with van der Waals surface area (Å²) in [5.41, 5.74) is 5.77. The van der Waals surface area contributed by atoms with E-state index < -0.39 is 0 Å². The van der Waals surface area contributed by atoms with E-state index in [4.69, 9.17) is 10.2 Å². The Morgan fingerprint density at radius 3 is 3.12 bits per heavy atom. The lowest BCUT2D eigenvalue weighted by Gasteiger charge is -1.99. The molecule has 0 spiro atoms. The summed E-state index contributed by atoms with van der Waals surface area (Å²) in [5.74, 6) is 0.557. The number of nitrogens with zero attached hydrogens (tertiary/aromatic N) is 4. The van der Waals surface area contributed by atoms with Crippen LogP contribution >= 0.6 is 0 Å². The van der Waals surface area contributed by atoms with Crippen LogP contribution in [0.25, 0.3) is 11.2 Å². The lowest BCUT2D eigenvalue weighted by Crippen LogP contribution is -2.12. The zero-order valence-electron chi connectivity index (χ0n) is 8.62. The van der Waals surface area contributed by atoms with Crippen molar-refractivity contribution >= 4 is 17.1 Å². The Balaban J connectivity index is 2.15. The molecule has 0 aliphatic heterocycles. The van der Waals surface area contributed by atoms with Gasteiger partial charge in [-0.1, -0.05) is 0 Å². The maximum Gasteiger partial charge on any atom is 0.280 e. The second kappa shape index (κ2) is 3.44. The molecular formula is C9H8N6O2. The predicted molar refractivity (Wildman–Crippen MR) is 58.2 cm³/mol. The first kappa shape index (κ1) is 9.58. The molecule has 0 amide bonds. The van der Waals surface area contributed by atoms with Gasteiger partial charge in [0.25, 0.3) is 5.56 Å². The van der Waals surface area contributed by atoms with Crippen LogP contribution in [0, 0.1) is 0 Å². The first-order chi connectivity index (χ1) is 8.24. The SMILES string of the molecule is Nc1nc2c(ncn2Cc2ncco2)c(=O)[nH]1. The highest BCUT2D eigenvalue weighted by Gasteiger charge is 2.10. The maximum atomic E-state index is 11.5. The number of aromatic amines is 1. The Labute approximate surface area is 94.1 Å². The molecule has 0 atom stereocenters. The smallest absolute Gasteiger partial charge is 0.280 e. The molecule has 0 aliphatic rings. The van der Waals surface area contributed by atoms with Gasteiger partial charge in [-0.05, 0) is 0 Å². The summed E-state index contributed by atoms with van der Waals surface area (Å²) in [6.45, 7) is 0.347. The highest BCUT2D eigenvalue weighted by atomic mass is 16.3. The Morgan fingerprint density at radius 1 is 1.47 bits per heavy atom. The average Bonchev–Trinajstić information content (AvgIpc) is 2.89. The van der Waals surface area contributed by atoms with Crippen LogP contribution in [0.4, 0.5) is 5.95 Å².